The Hall–Kier alpha value is -2.25. The third-order valence-corrected chi connectivity index (χ3v) is 2.47. The van der Waals surface area contributed by atoms with Crippen LogP contribution in [0.15, 0.2) is 12.1 Å². The van der Waals surface area contributed by atoms with Gasteiger partial charge in [0.1, 0.15) is 11.4 Å². The van der Waals surface area contributed by atoms with Gasteiger partial charge in [-0.15, -0.1) is 0 Å². The van der Waals surface area contributed by atoms with Crippen LogP contribution in [-0.2, 0) is 9.53 Å². The van der Waals surface area contributed by atoms with Crippen LogP contribution in [0.1, 0.15) is 38.8 Å². The van der Waals surface area contributed by atoms with Gasteiger partial charge in [-0.1, -0.05) is 0 Å². The number of hydrogen-bond acceptors (Lipinski definition) is 3. The van der Waals surface area contributed by atoms with Gasteiger partial charge < -0.3 is 15.2 Å². The Labute approximate surface area is 125 Å². The Morgan fingerprint density at radius 1 is 1.27 bits per heavy atom. The molecule has 1 unspecified atom stereocenters. The number of alkyl carbamates (subject to hydrolysis) is 1. The molecule has 0 aliphatic heterocycles. The molecule has 1 rings (SSSR count). The fraction of sp³-hybridized carbons (Fsp3) is 0.429. The second-order valence-electron chi connectivity index (χ2n) is 5.59. The SMILES string of the molecule is CC(C)(C)OC(=O)NC(CC(=O)O)c1cc(F)cc(F)c1F. The highest BCUT2D eigenvalue weighted by molar-refractivity contribution is 5.72. The van der Waals surface area contributed by atoms with Gasteiger partial charge in [-0.05, 0) is 26.8 Å². The Kier molecular flexibility index (Phi) is 5.40. The molecule has 0 saturated heterocycles. The summed E-state index contributed by atoms with van der Waals surface area (Å²) in [5.74, 6) is -5.37. The van der Waals surface area contributed by atoms with E-state index in [1.54, 1.807) is 20.8 Å². The second kappa shape index (κ2) is 6.67. The fourth-order valence-corrected chi connectivity index (χ4v) is 1.69. The lowest BCUT2D eigenvalue weighted by Gasteiger charge is -2.23. The van der Waals surface area contributed by atoms with Crippen molar-refractivity contribution < 1.29 is 32.6 Å². The highest BCUT2D eigenvalue weighted by Gasteiger charge is 2.26. The zero-order valence-electron chi connectivity index (χ0n) is 12.2. The standard InChI is InChI=1S/C14H16F3NO4/c1-14(2,3)22-13(21)18-10(6-11(19)20)8-4-7(15)5-9(16)12(8)17/h4-5,10H,6H2,1-3H3,(H,18,21)(H,19,20). The summed E-state index contributed by atoms with van der Waals surface area (Å²) in [6.07, 6.45) is -1.79. The van der Waals surface area contributed by atoms with Crippen LogP contribution in [0.2, 0.25) is 0 Å². The Balaban J connectivity index is 3.09. The molecule has 0 spiro atoms. The first-order valence-corrected chi connectivity index (χ1v) is 6.35. The minimum atomic E-state index is -1.48. The number of amides is 1. The molecule has 0 aliphatic rings. The van der Waals surface area contributed by atoms with Gasteiger partial charge in [0, 0.05) is 11.6 Å². The van der Waals surface area contributed by atoms with E-state index in [1.165, 1.54) is 0 Å². The number of hydrogen-bond donors (Lipinski definition) is 2. The van der Waals surface area contributed by atoms with Gasteiger partial charge in [0.25, 0.3) is 0 Å². The average molecular weight is 319 g/mol. The second-order valence-corrected chi connectivity index (χ2v) is 5.59. The lowest BCUT2D eigenvalue weighted by atomic mass is 10.0. The van der Waals surface area contributed by atoms with E-state index in [4.69, 9.17) is 9.84 Å². The molecular weight excluding hydrogens is 303 g/mol. The maximum atomic E-state index is 13.7. The van der Waals surface area contributed by atoms with E-state index in [1.807, 2.05) is 0 Å². The Morgan fingerprint density at radius 3 is 2.36 bits per heavy atom. The van der Waals surface area contributed by atoms with Crippen molar-refractivity contribution in [1.82, 2.24) is 5.32 Å². The molecule has 0 radical (unpaired) electrons. The van der Waals surface area contributed by atoms with E-state index in [0.717, 1.165) is 0 Å². The normalized spacial score (nSPS) is 12.6. The van der Waals surface area contributed by atoms with Gasteiger partial charge in [-0.3, -0.25) is 4.79 Å². The lowest BCUT2D eigenvalue weighted by Crippen LogP contribution is -2.36. The zero-order chi connectivity index (χ0) is 17.1. The van der Waals surface area contributed by atoms with E-state index in [-0.39, 0.29) is 0 Å². The first kappa shape index (κ1) is 17.8. The number of carboxylic acid groups (broad SMARTS) is 1. The van der Waals surface area contributed by atoms with Crippen LogP contribution in [0.25, 0.3) is 0 Å². The van der Waals surface area contributed by atoms with Gasteiger partial charge in [0.2, 0.25) is 0 Å². The molecule has 122 valence electrons. The molecule has 0 fully saturated rings. The molecule has 5 nitrogen and oxygen atoms in total. The van der Waals surface area contributed by atoms with Crippen LogP contribution < -0.4 is 5.32 Å². The van der Waals surface area contributed by atoms with Crippen molar-refractivity contribution in [3.8, 4) is 0 Å². The average Bonchev–Trinajstić information content (AvgIpc) is 2.29. The lowest BCUT2D eigenvalue weighted by molar-refractivity contribution is -0.137. The van der Waals surface area contributed by atoms with Crippen LogP contribution >= 0.6 is 0 Å². The summed E-state index contributed by atoms with van der Waals surface area (Å²) in [5.41, 5.74) is -1.48. The number of halogens is 3. The van der Waals surface area contributed by atoms with Crippen molar-refractivity contribution in [3.63, 3.8) is 0 Å². The Morgan fingerprint density at radius 2 is 1.86 bits per heavy atom. The molecule has 2 N–H and O–H groups in total. The summed E-state index contributed by atoms with van der Waals surface area (Å²) in [6.45, 7) is 4.71. The number of carbonyl (C=O) groups excluding carboxylic acids is 1. The van der Waals surface area contributed by atoms with Crippen molar-refractivity contribution in [3.05, 3.63) is 35.1 Å². The first-order chi connectivity index (χ1) is 9.99. The van der Waals surface area contributed by atoms with Crippen LogP contribution in [0.4, 0.5) is 18.0 Å². The monoisotopic (exact) mass is 319 g/mol. The molecule has 0 heterocycles. The summed E-state index contributed by atoms with van der Waals surface area (Å²) >= 11 is 0. The van der Waals surface area contributed by atoms with Gasteiger partial charge >= 0.3 is 12.1 Å². The number of rotatable bonds is 4. The summed E-state index contributed by atoms with van der Waals surface area (Å²) < 4.78 is 45.1. The van der Waals surface area contributed by atoms with Gasteiger partial charge in [0.05, 0.1) is 12.5 Å². The maximum Gasteiger partial charge on any atom is 0.408 e. The highest BCUT2D eigenvalue weighted by Crippen LogP contribution is 2.24. The Bertz CT molecular complexity index is 584. The molecule has 1 atom stereocenters. The number of nitrogens with one attached hydrogen (secondary N) is 1. The number of carbonyl (C=O) groups is 2. The quantitative estimate of drug-likeness (QED) is 0.836. The van der Waals surface area contributed by atoms with Crippen molar-refractivity contribution >= 4 is 12.1 Å². The van der Waals surface area contributed by atoms with Crippen LogP contribution in [-0.4, -0.2) is 22.8 Å². The van der Waals surface area contributed by atoms with Crippen molar-refractivity contribution in [1.29, 1.82) is 0 Å². The molecule has 0 saturated carbocycles. The predicted octanol–water partition coefficient (Wildman–Crippen LogP) is 3.14. The zero-order valence-corrected chi connectivity index (χ0v) is 12.2. The fourth-order valence-electron chi connectivity index (χ4n) is 1.69. The minimum Gasteiger partial charge on any atom is -0.481 e. The molecule has 1 amide bonds. The third-order valence-electron chi connectivity index (χ3n) is 2.47. The van der Waals surface area contributed by atoms with Crippen LogP contribution in [0, 0.1) is 17.5 Å². The number of benzene rings is 1. The van der Waals surface area contributed by atoms with E-state index in [2.05, 4.69) is 5.32 Å². The van der Waals surface area contributed by atoms with Gasteiger partial charge in [0.15, 0.2) is 11.6 Å². The maximum absolute atomic E-state index is 13.7. The molecule has 1 aromatic carbocycles. The molecular formula is C14H16F3NO4. The van der Waals surface area contributed by atoms with Gasteiger partial charge in [-0.2, -0.15) is 0 Å². The van der Waals surface area contributed by atoms with Crippen LogP contribution in [0.5, 0.6) is 0 Å². The number of ether oxygens (including phenoxy) is 1. The molecule has 22 heavy (non-hydrogen) atoms. The topological polar surface area (TPSA) is 75.6 Å². The van der Waals surface area contributed by atoms with Crippen molar-refractivity contribution in [2.75, 3.05) is 0 Å². The van der Waals surface area contributed by atoms with E-state index in [9.17, 15) is 22.8 Å². The van der Waals surface area contributed by atoms with Crippen molar-refractivity contribution in [2.45, 2.75) is 38.8 Å². The number of carboxylic acids is 1. The predicted molar refractivity (Wildman–Crippen MR) is 70.7 cm³/mol. The molecule has 1 aromatic rings. The third kappa shape index (κ3) is 5.27. The highest BCUT2D eigenvalue weighted by atomic mass is 19.2. The summed E-state index contributed by atoms with van der Waals surface area (Å²) in [6, 6.07) is -0.523. The summed E-state index contributed by atoms with van der Waals surface area (Å²) in [7, 11) is 0. The van der Waals surface area contributed by atoms with Crippen molar-refractivity contribution in [2.24, 2.45) is 0 Å². The first-order valence-electron chi connectivity index (χ1n) is 6.35. The van der Waals surface area contributed by atoms with E-state index >= 15 is 0 Å². The van der Waals surface area contributed by atoms with E-state index in [0.29, 0.717) is 12.1 Å². The molecule has 0 aliphatic carbocycles. The van der Waals surface area contributed by atoms with Crippen LogP contribution in [0.3, 0.4) is 0 Å². The largest absolute Gasteiger partial charge is 0.481 e. The molecule has 0 bridgehead atoms. The van der Waals surface area contributed by atoms with E-state index < -0.39 is 53.1 Å². The number of aliphatic carboxylic acids is 1. The summed E-state index contributed by atoms with van der Waals surface area (Å²) in [4.78, 5) is 22.5. The smallest absolute Gasteiger partial charge is 0.408 e. The summed E-state index contributed by atoms with van der Waals surface area (Å²) in [5, 5.41) is 10.9. The minimum absolute atomic E-state index is 0.324. The molecule has 8 heteroatoms. The van der Waals surface area contributed by atoms with Gasteiger partial charge in [-0.25, -0.2) is 18.0 Å². The molecule has 0 aromatic heterocycles.